The number of carbonyl (C=O) groups is 1. The summed E-state index contributed by atoms with van der Waals surface area (Å²) in [5.74, 6) is -0.349. The van der Waals surface area contributed by atoms with Crippen LogP contribution >= 0.6 is 0 Å². The Hall–Kier alpha value is -3.26. The van der Waals surface area contributed by atoms with Gasteiger partial charge in [-0.2, -0.15) is 18.2 Å². The number of aliphatic hydroxyl groups is 1. The van der Waals surface area contributed by atoms with Crippen LogP contribution < -0.4 is 15.5 Å². The van der Waals surface area contributed by atoms with Crippen LogP contribution in [0.3, 0.4) is 0 Å². The highest BCUT2D eigenvalue weighted by atomic mass is 19.4. The lowest BCUT2D eigenvalue weighted by atomic mass is 10.1. The summed E-state index contributed by atoms with van der Waals surface area (Å²) in [5.41, 5.74) is 3.63. The Morgan fingerprint density at radius 1 is 1.26 bits per heavy atom. The molecule has 3 atom stereocenters. The summed E-state index contributed by atoms with van der Waals surface area (Å²) in [5, 5.41) is 9.73. The van der Waals surface area contributed by atoms with Crippen LogP contribution in [0.5, 0.6) is 0 Å². The number of amides is 1. The molecule has 184 valence electrons. The van der Waals surface area contributed by atoms with Crippen LogP contribution in [-0.4, -0.2) is 75.7 Å². The Morgan fingerprint density at radius 2 is 1.97 bits per heavy atom. The zero-order chi connectivity index (χ0) is 24.6. The molecule has 0 unspecified atom stereocenters. The van der Waals surface area contributed by atoms with Gasteiger partial charge in [-0.25, -0.2) is 19.7 Å². The van der Waals surface area contributed by atoms with Gasteiger partial charge in [-0.3, -0.25) is 4.90 Å². The second-order valence-corrected chi connectivity index (χ2v) is 8.12. The van der Waals surface area contributed by atoms with Gasteiger partial charge < -0.3 is 25.2 Å². The molecule has 11 nitrogen and oxygen atoms in total. The Labute approximate surface area is 192 Å². The third kappa shape index (κ3) is 4.82. The molecule has 4 rings (SSSR count). The van der Waals surface area contributed by atoms with E-state index in [4.69, 9.17) is 15.2 Å². The van der Waals surface area contributed by atoms with E-state index in [-0.39, 0.29) is 23.9 Å². The van der Waals surface area contributed by atoms with E-state index in [1.807, 2.05) is 0 Å². The molecule has 0 bridgehead atoms. The number of alkyl halides is 3. The molecular weight excluding hydrogens is 459 g/mol. The molecule has 34 heavy (non-hydrogen) atoms. The van der Waals surface area contributed by atoms with E-state index in [9.17, 15) is 23.1 Å². The van der Waals surface area contributed by atoms with Crippen molar-refractivity contribution >= 4 is 23.8 Å². The number of nitrogens with zero attached hydrogens (tertiary/aromatic N) is 6. The number of nitrogens with two attached hydrogens (primary N) is 1. The van der Waals surface area contributed by atoms with Crippen molar-refractivity contribution in [3.05, 3.63) is 18.0 Å². The molecule has 2 aromatic rings. The van der Waals surface area contributed by atoms with Crippen LogP contribution in [-0.2, 0) is 15.7 Å². The van der Waals surface area contributed by atoms with Gasteiger partial charge in [-0.05, 0) is 13.8 Å². The fraction of sp³-hybridized carbons (Fsp3) is 0.550. The number of morpholine rings is 1. The minimum Gasteiger partial charge on any atom is -0.443 e. The van der Waals surface area contributed by atoms with Crippen LogP contribution in [0.25, 0.3) is 11.3 Å². The Morgan fingerprint density at radius 3 is 2.62 bits per heavy atom. The second-order valence-electron chi connectivity index (χ2n) is 8.12. The summed E-state index contributed by atoms with van der Waals surface area (Å²) < 4.78 is 52.0. The van der Waals surface area contributed by atoms with Crippen molar-refractivity contribution in [3.8, 4) is 11.3 Å². The molecule has 4 heterocycles. The maximum absolute atomic E-state index is 13.7. The molecule has 1 amide bonds. The van der Waals surface area contributed by atoms with Crippen molar-refractivity contribution in [3.63, 3.8) is 0 Å². The van der Waals surface area contributed by atoms with Crippen molar-refractivity contribution in [1.82, 2.24) is 19.9 Å². The molecule has 2 aliphatic rings. The Balaban J connectivity index is 1.83. The van der Waals surface area contributed by atoms with Gasteiger partial charge in [0.15, 0.2) is 5.69 Å². The average Bonchev–Trinajstić information content (AvgIpc) is 3.05. The van der Waals surface area contributed by atoms with Crippen LogP contribution in [0, 0.1) is 0 Å². The number of nitrogen functional groups attached to an aromatic ring is 1. The third-order valence-corrected chi connectivity index (χ3v) is 5.56. The monoisotopic (exact) mass is 483 g/mol. The lowest BCUT2D eigenvalue weighted by Gasteiger charge is -2.28. The van der Waals surface area contributed by atoms with E-state index in [1.54, 1.807) is 18.7 Å². The number of hydrogen-bond donors (Lipinski definition) is 2. The van der Waals surface area contributed by atoms with Gasteiger partial charge >= 0.3 is 12.3 Å². The molecule has 2 fully saturated rings. The summed E-state index contributed by atoms with van der Waals surface area (Å²) in [6.45, 7) is 4.89. The molecule has 3 N–H and O–H groups in total. The van der Waals surface area contributed by atoms with E-state index in [0.717, 1.165) is 6.20 Å². The zero-order valence-corrected chi connectivity index (χ0v) is 18.5. The minimum absolute atomic E-state index is 0.0574. The Kier molecular flexibility index (Phi) is 6.45. The molecule has 2 aromatic heterocycles. The maximum Gasteiger partial charge on any atom is 0.434 e. The highest BCUT2D eigenvalue weighted by Gasteiger charge is 2.42. The van der Waals surface area contributed by atoms with E-state index in [1.165, 1.54) is 11.0 Å². The zero-order valence-electron chi connectivity index (χ0n) is 18.5. The van der Waals surface area contributed by atoms with Gasteiger partial charge in [0, 0.05) is 37.3 Å². The summed E-state index contributed by atoms with van der Waals surface area (Å²) in [6.07, 6.45) is -5.74. The quantitative estimate of drug-likeness (QED) is 0.648. The molecule has 2 aliphatic heterocycles. The van der Waals surface area contributed by atoms with Crippen molar-refractivity contribution in [2.45, 2.75) is 44.7 Å². The predicted octanol–water partition coefficient (Wildman–Crippen LogP) is 1.86. The normalized spacial score (nSPS) is 22.1. The summed E-state index contributed by atoms with van der Waals surface area (Å²) in [4.78, 5) is 31.6. The number of cyclic esters (lactones) is 1. The fourth-order valence-corrected chi connectivity index (χ4v) is 3.89. The van der Waals surface area contributed by atoms with E-state index >= 15 is 0 Å². The first kappa shape index (κ1) is 23.9. The second kappa shape index (κ2) is 9.18. The highest BCUT2D eigenvalue weighted by Crippen LogP contribution is 2.37. The van der Waals surface area contributed by atoms with E-state index < -0.39 is 47.7 Å². The third-order valence-electron chi connectivity index (χ3n) is 5.56. The van der Waals surface area contributed by atoms with Gasteiger partial charge in [-0.15, -0.1) is 0 Å². The van der Waals surface area contributed by atoms with Gasteiger partial charge in [0.25, 0.3) is 0 Å². The first-order valence-electron chi connectivity index (χ1n) is 10.6. The molecule has 0 saturated carbocycles. The average molecular weight is 483 g/mol. The first-order chi connectivity index (χ1) is 16.0. The largest absolute Gasteiger partial charge is 0.443 e. The van der Waals surface area contributed by atoms with Crippen molar-refractivity contribution < 1.29 is 32.5 Å². The van der Waals surface area contributed by atoms with Crippen LogP contribution in [0.2, 0.25) is 0 Å². The fourth-order valence-electron chi connectivity index (χ4n) is 3.89. The number of halogens is 3. The van der Waals surface area contributed by atoms with Gasteiger partial charge in [0.1, 0.15) is 11.9 Å². The minimum atomic E-state index is -4.82. The number of hydrogen-bond acceptors (Lipinski definition) is 10. The number of rotatable bonds is 5. The van der Waals surface area contributed by atoms with Crippen LogP contribution in [0.15, 0.2) is 12.3 Å². The van der Waals surface area contributed by atoms with Gasteiger partial charge in [-0.1, -0.05) is 0 Å². The molecular formula is C20H24F3N7O4. The number of aliphatic hydroxyl groups excluding tert-OH is 1. The topological polar surface area (TPSA) is 140 Å². The maximum atomic E-state index is 13.7. The molecule has 2 saturated heterocycles. The summed E-state index contributed by atoms with van der Waals surface area (Å²) in [6, 6.07) is 0.725. The molecule has 0 aromatic carbocycles. The molecule has 0 radical (unpaired) electrons. The smallest absolute Gasteiger partial charge is 0.434 e. The number of carbonyl (C=O) groups excluding carboxylic acids is 1. The van der Waals surface area contributed by atoms with Crippen molar-refractivity contribution in [1.29, 1.82) is 0 Å². The number of aromatic nitrogens is 4. The lowest BCUT2D eigenvalue weighted by Crippen LogP contribution is -2.39. The van der Waals surface area contributed by atoms with Gasteiger partial charge in [0.05, 0.1) is 31.1 Å². The first-order valence-corrected chi connectivity index (χ1v) is 10.6. The molecule has 14 heteroatoms. The van der Waals surface area contributed by atoms with Crippen LogP contribution in [0.4, 0.5) is 35.7 Å². The van der Waals surface area contributed by atoms with Gasteiger partial charge in [0.2, 0.25) is 11.9 Å². The standard InChI is InChI=1S/C20H24F3N7O4/c1-10(31)7-14-11(2)30(19(32)34-14)15-8-13(26-18(27-15)29-3-5-33-6-4-29)12-9-25-17(24)28-16(12)20(21,22)23/h8-11,14,31H,3-7H2,1-2H3,(H2,24,25,28)/t10-,11-,14-/m0/s1. The molecule has 0 spiro atoms. The number of ether oxygens (including phenoxy) is 2. The van der Waals surface area contributed by atoms with E-state index in [2.05, 4.69) is 19.9 Å². The summed E-state index contributed by atoms with van der Waals surface area (Å²) >= 11 is 0. The number of anilines is 3. The predicted molar refractivity (Wildman–Crippen MR) is 114 cm³/mol. The Bertz CT molecular complexity index is 1060. The lowest BCUT2D eigenvalue weighted by molar-refractivity contribution is -0.140. The SMILES string of the molecule is C[C@H](O)C[C@@H]1OC(=O)N(c2cc(-c3cnc(N)nc3C(F)(F)F)nc(N3CCOCC3)n2)[C@H]1C. The van der Waals surface area contributed by atoms with Crippen LogP contribution in [0.1, 0.15) is 26.0 Å². The highest BCUT2D eigenvalue weighted by molar-refractivity contribution is 5.90. The van der Waals surface area contributed by atoms with E-state index in [0.29, 0.717) is 26.3 Å². The summed E-state index contributed by atoms with van der Waals surface area (Å²) in [7, 11) is 0. The van der Waals surface area contributed by atoms with Crippen molar-refractivity contribution in [2.24, 2.45) is 0 Å². The van der Waals surface area contributed by atoms with Crippen molar-refractivity contribution in [2.75, 3.05) is 41.8 Å². The molecule has 0 aliphatic carbocycles.